The molecule has 3 nitrogen and oxygen atoms in total. The van der Waals surface area contributed by atoms with Gasteiger partial charge in [-0.25, -0.2) is 4.98 Å². The van der Waals surface area contributed by atoms with Crippen molar-refractivity contribution in [1.29, 1.82) is 0 Å². The smallest absolute Gasteiger partial charge is 0.146 e. The van der Waals surface area contributed by atoms with Crippen molar-refractivity contribution in [1.82, 2.24) is 14.5 Å². The summed E-state index contributed by atoms with van der Waals surface area (Å²) in [5, 5.41) is 2.30. The van der Waals surface area contributed by atoms with Gasteiger partial charge in [0.15, 0.2) is 0 Å². The summed E-state index contributed by atoms with van der Waals surface area (Å²) in [5.74, 6) is 0. The maximum absolute atomic E-state index is 5.54. The van der Waals surface area contributed by atoms with Gasteiger partial charge in [0.25, 0.3) is 0 Å². The number of hydrogen-bond donors (Lipinski definition) is 1. The molecule has 0 aliphatic heterocycles. The molecule has 0 saturated carbocycles. The van der Waals surface area contributed by atoms with Crippen molar-refractivity contribution >= 4 is 34.6 Å². The second kappa shape index (κ2) is 13.3. The van der Waals surface area contributed by atoms with Crippen molar-refractivity contribution in [3.05, 3.63) is 132 Å². The molecule has 0 amide bonds. The van der Waals surface area contributed by atoms with Crippen LogP contribution in [-0.4, -0.2) is 14.5 Å². The van der Waals surface area contributed by atoms with Crippen LogP contribution in [-0.2, 0) is 21.7 Å². The van der Waals surface area contributed by atoms with Gasteiger partial charge in [-0.3, -0.25) is 9.55 Å². The number of hydrogen-bond acceptors (Lipinski definition) is 3. The first-order chi connectivity index (χ1) is 25.2. The number of thiol groups is 1. The van der Waals surface area contributed by atoms with Gasteiger partial charge in [-0.15, -0.1) is 12.6 Å². The van der Waals surface area contributed by atoms with Crippen LogP contribution in [0.2, 0.25) is 0 Å². The fourth-order valence-electron chi connectivity index (χ4n) is 7.34. The van der Waals surface area contributed by atoms with Gasteiger partial charge in [0, 0.05) is 38.7 Å². The highest BCUT2D eigenvalue weighted by Gasteiger charge is 2.26. The Kier molecular flexibility index (Phi) is 9.25. The van der Waals surface area contributed by atoms with Crippen LogP contribution in [0.25, 0.3) is 61.3 Å². The molecule has 7 aromatic rings. The molecular weight excluding hydrogens is 675 g/mol. The number of aromatic nitrogens is 3. The monoisotopic (exact) mass is 729 g/mol. The molecule has 0 N–H and O–H groups in total. The average molecular weight is 730 g/mol. The third-order valence-electron chi connectivity index (χ3n) is 10.8. The normalized spacial score (nSPS) is 12.9. The summed E-state index contributed by atoms with van der Waals surface area (Å²) >= 11 is 5.20. The van der Waals surface area contributed by atoms with Gasteiger partial charge < -0.3 is 0 Å². The second-order valence-corrected chi connectivity index (χ2v) is 19.6. The molecule has 0 saturated heterocycles. The Hall–Kier alpha value is -4.67. The van der Waals surface area contributed by atoms with Gasteiger partial charge in [-0.1, -0.05) is 132 Å². The van der Waals surface area contributed by atoms with Crippen molar-refractivity contribution in [3.8, 4) is 39.3 Å². The van der Waals surface area contributed by atoms with Crippen molar-refractivity contribution in [2.75, 3.05) is 0 Å². The van der Waals surface area contributed by atoms with Gasteiger partial charge in [-0.05, 0) is 110 Å². The summed E-state index contributed by atoms with van der Waals surface area (Å²) in [6.07, 6.45) is 1.94. The van der Waals surface area contributed by atoms with E-state index in [1.165, 1.54) is 33.2 Å². The summed E-state index contributed by atoms with van der Waals surface area (Å²) in [7, 11) is 0. The first-order valence-corrected chi connectivity index (χ1v) is 19.7. The molecule has 276 valence electrons. The summed E-state index contributed by atoms with van der Waals surface area (Å²) in [6, 6.07) is 37.9. The molecule has 0 unspecified atom stereocenters. The van der Waals surface area contributed by atoms with Crippen molar-refractivity contribution in [2.45, 2.75) is 110 Å². The van der Waals surface area contributed by atoms with Crippen LogP contribution >= 0.6 is 12.6 Å². The fourth-order valence-corrected chi connectivity index (χ4v) is 7.92. The van der Waals surface area contributed by atoms with E-state index in [2.05, 4.69) is 191 Å². The Labute approximate surface area is 328 Å². The molecule has 0 atom stereocenters. The van der Waals surface area contributed by atoms with E-state index in [9.17, 15) is 0 Å². The minimum Gasteiger partial charge on any atom is -0.294 e. The van der Waals surface area contributed by atoms with Gasteiger partial charge in [0.1, 0.15) is 5.65 Å². The molecule has 3 aromatic heterocycles. The first kappa shape index (κ1) is 37.6. The number of benzene rings is 4. The SMILES string of the molecule is CC(C)(C)c1ccc(-c2ccnc(-c3cc(-n4c5ccccc5c5ccc(-c6cc(C(C)(C)C)cc(C(C)(C)C)c6S)nc54)cc(C(C)(C)C)c3)c2)cc1. The highest BCUT2D eigenvalue weighted by Crippen LogP contribution is 2.42. The van der Waals surface area contributed by atoms with Crippen LogP contribution < -0.4 is 0 Å². The summed E-state index contributed by atoms with van der Waals surface area (Å²) in [5.41, 5.74) is 14.5. The van der Waals surface area contributed by atoms with E-state index in [0.29, 0.717) is 0 Å². The van der Waals surface area contributed by atoms with E-state index >= 15 is 0 Å². The van der Waals surface area contributed by atoms with E-state index in [0.717, 1.165) is 55.2 Å². The molecule has 0 aliphatic rings. The number of para-hydroxylation sites is 1. The van der Waals surface area contributed by atoms with E-state index in [1.807, 2.05) is 6.20 Å². The van der Waals surface area contributed by atoms with Gasteiger partial charge in [0.05, 0.1) is 16.9 Å². The van der Waals surface area contributed by atoms with Crippen LogP contribution in [0.5, 0.6) is 0 Å². The highest BCUT2D eigenvalue weighted by molar-refractivity contribution is 7.80. The minimum atomic E-state index is -0.0970. The zero-order chi connectivity index (χ0) is 39.0. The van der Waals surface area contributed by atoms with Gasteiger partial charge >= 0.3 is 0 Å². The lowest BCUT2D eigenvalue weighted by atomic mass is 9.79. The molecule has 3 heterocycles. The summed E-state index contributed by atoms with van der Waals surface area (Å²) in [6.45, 7) is 27.2. The van der Waals surface area contributed by atoms with Crippen LogP contribution in [0, 0.1) is 0 Å². The van der Waals surface area contributed by atoms with Crippen LogP contribution in [0.1, 0.15) is 105 Å². The van der Waals surface area contributed by atoms with Crippen LogP contribution in [0.4, 0.5) is 0 Å². The van der Waals surface area contributed by atoms with Crippen LogP contribution in [0.3, 0.4) is 0 Å². The third kappa shape index (κ3) is 7.13. The molecule has 0 fully saturated rings. The Bertz CT molecular complexity index is 2520. The topological polar surface area (TPSA) is 30.7 Å². The van der Waals surface area contributed by atoms with Crippen LogP contribution in [0.15, 0.2) is 114 Å². The molecule has 54 heavy (non-hydrogen) atoms. The Morgan fingerprint density at radius 2 is 1.15 bits per heavy atom. The van der Waals surface area contributed by atoms with Gasteiger partial charge in [-0.2, -0.15) is 0 Å². The largest absolute Gasteiger partial charge is 0.294 e. The molecular formula is C50H55N3S. The standard InChI is InChI=1S/C50H55N3S/c1-47(2,3)34-19-17-31(18-20-34)32-23-24-51-43(27-32)33-25-35(48(4,5)6)28-37(26-33)53-44-16-14-13-15-38(44)39-21-22-42(52-46(39)53)40-29-36(49(7,8)9)30-41(45(40)54)50(10,11)12/h13-30,54H,1-12H3. The molecule has 7 rings (SSSR count). The lowest BCUT2D eigenvalue weighted by molar-refractivity contribution is 0.560. The van der Waals surface area contributed by atoms with E-state index in [1.54, 1.807) is 0 Å². The zero-order valence-electron chi connectivity index (χ0n) is 34.2. The quantitative estimate of drug-likeness (QED) is 0.183. The van der Waals surface area contributed by atoms with E-state index < -0.39 is 0 Å². The number of rotatable bonds is 4. The van der Waals surface area contributed by atoms with Crippen molar-refractivity contribution in [3.63, 3.8) is 0 Å². The zero-order valence-corrected chi connectivity index (χ0v) is 35.1. The lowest BCUT2D eigenvalue weighted by Crippen LogP contribution is -2.17. The van der Waals surface area contributed by atoms with E-state index in [4.69, 9.17) is 22.6 Å². The third-order valence-corrected chi connectivity index (χ3v) is 11.2. The second-order valence-electron chi connectivity index (χ2n) is 19.1. The summed E-state index contributed by atoms with van der Waals surface area (Å²) in [4.78, 5) is 11.5. The molecule has 0 bridgehead atoms. The Morgan fingerprint density at radius 1 is 0.500 bits per heavy atom. The maximum Gasteiger partial charge on any atom is 0.146 e. The number of fused-ring (bicyclic) bond motifs is 3. The lowest BCUT2D eigenvalue weighted by Gasteiger charge is -2.28. The fraction of sp³-hybridized carbons (Fsp3) is 0.320. The van der Waals surface area contributed by atoms with Crippen molar-refractivity contribution < 1.29 is 0 Å². The predicted molar refractivity (Wildman–Crippen MR) is 235 cm³/mol. The summed E-state index contributed by atoms with van der Waals surface area (Å²) < 4.78 is 2.35. The maximum atomic E-state index is 5.54. The Morgan fingerprint density at radius 3 is 1.80 bits per heavy atom. The first-order valence-electron chi connectivity index (χ1n) is 19.2. The minimum absolute atomic E-state index is 0.0275. The van der Waals surface area contributed by atoms with Gasteiger partial charge in [0.2, 0.25) is 0 Å². The molecule has 4 aromatic carbocycles. The predicted octanol–water partition coefficient (Wildman–Crippen LogP) is 14.1. The Balaban J connectivity index is 1.45. The van der Waals surface area contributed by atoms with Crippen molar-refractivity contribution in [2.24, 2.45) is 0 Å². The molecule has 0 spiro atoms. The molecule has 0 radical (unpaired) electrons. The molecule has 0 aliphatic carbocycles. The number of nitrogens with zero attached hydrogens (tertiary/aromatic N) is 3. The highest BCUT2D eigenvalue weighted by atomic mass is 32.1. The van der Waals surface area contributed by atoms with E-state index in [-0.39, 0.29) is 21.7 Å². The number of pyridine rings is 2. The molecule has 4 heteroatoms. The average Bonchev–Trinajstić information content (AvgIpc) is 3.43.